The van der Waals surface area contributed by atoms with E-state index in [2.05, 4.69) is 127 Å². The van der Waals surface area contributed by atoms with Crippen molar-refractivity contribution < 1.29 is 0 Å². The smallest absolute Gasteiger partial charge is 0.0748 e. The Morgan fingerprint density at radius 3 is 0.971 bits per heavy atom. The molecule has 0 aromatic heterocycles. The molecule has 0 heterocycles. The van der Waals surface area contributed by atoms with Crippen LogP contribution in [0.15, 0.2) is 142 Å². The van der Waals surface area contributed by atoms with Crippen LogP contribution in [0.1, 0.15) is 0 Å². The molecule has 4 heteroatoms. The molecule has 0 saturated heterocycles. The van der Waals surface area contributed by atoms with Crippen LogP contribution in [-0.4, -0.2) is 0 Å². The summed E-state index contributed by atoms with van der Waals surface area (Å²) < 4.78 is 0. The molecule has 0 unspecified atom stereocenters. The Morgan fingerprint density at radius 1 is 0.324 bits per heavy atom. The van der Waals surface area contributed by atoms with E-state index < -0.39 is 5.53 Å². The average molecular weight is 509 g/mol. The molecular weight excluding hydrogens is 488 g/mol. The Balaban J connectivity index is 1.42. The fourth-order valence-electron chi connectivity index (χ4n) is 4.12. The third-order valence-electron chi connectivity index (χ3n) is 5.77. The standard InChI is InChI=1S/C30H21PS3/c1-4-16-25-22(10-1)13-7-19-28(25)32-31(33-29-20-8-14-23-11-2-5-17-26(23)29)34-30-21-9-15-24-12-3-6-18-27(24)30/h1-21H. The third kappa shape index (κ3) is 4.59. The van der Waals surface area contributed by atoms with Crippen molar-refractivity contribution in [2.45, 2.75) is 14.7 Å². The maximum Gasteiger partial charge on any atom is 0.0877 e. The number of hydrogen-bond acceptors (Lipinski definition) is 3. The minimum absolute atomic E-state index is 0.559. The van der Waals surface area contributed by atoms with E-state index in [9.17, 15) is 0 Å². The summed E-state index contributed by atoms with van der Waals surface area (Å²) in [4.78, 5) is 4.05. The Kier molecular flexibility index (Phi) is 6.53. The lowest BCUT2D eigenvalue weighted by Crippen LogP contribution is -1.79. The Bertz CT molecular complexity index is 1400. The number of rotatable bonds is 6. The van der Waals surface area contributed by atoms with E-state index >= 15 is 0 Å². The fourth-order valence-corrected chi connectivity index (χ4v) is 14.5. The van der Waals surface area contributed by atoms with Gasteiger partial charge in [0.1, 0.15) is 0 Å². The summed E-state index contributed by atoms with van der Waals surface area (Å²) in [7, 11) is 0. The van der Waals surface area contributed by atoms with E-state index in [1.807, 2.05) is 34.1 Å². The first-order chi connectivity index (χ1) is 16.8. The van der Waals surface area contributed by atoms with Crippen molar-refractivity contribution >= 4 is 72.0 Å². The zero-order chi connectivity index (χ0) is 22.7. The van der Waals surface area contributed by atoms with E-state index in [0.717, 1.165) is 0 Å². The lowest BCUT2D eigenvalue weighted by Gasteiger charge is -2.18. The fraction of sp³-hybridized carbons (Fsp3) is 0. The minimum atomic E-state index is -0.559. The van der Waals surface area contributed by atoms with Crippen LogP contribution in [0.2, 0.25) is 0 Å². The molecular formula is C30H21PS3. The van der Waals surface area contributed by atoms with Gasteiger partial charge in [-0.15, -0.1) is 0 Å². The molecule has 164 valence electrons. The number of hydrogen-bond donors (Lipinski definition) is 0. The Labute approximate surface area is 213 Å². The first kappa shape index (κ1) is 22.1. The number of fused-ring (bicyclic) bond motifs is 3. The average Bonchev–Trinajstić information content (AvgIpc) is 2.89. The molecule has 0 saturated carbocycles. The van der Waals surface area contributed by atoms with Crippen LogP contribution >= 0.6 is 39.7 Å². The van der Waals surface area contributed by atoms with Gasteiger partial charge >= 0.3 is 0 Å². The molecule has 6 aromatic rings. The van der Waals surface area contributed by atoms with E-state index in [-0.39, 0.29) is 0 Å². The van der Waals surface area contributed by atoms with Gasteiger partial charge in [0.05, 0.1) is 5.53 Å². The van der Waals surface area contributed by atoms with Gasteiger partial charge in [0.2, 0.25) is 0 Å². The predicted octanol–water partition coefficient (Wildman–Crippen LogP) is 11.0. The topological polar surface area (TPSA) is 0 Å². The Morgan fingerprint density at radius 2 is 0.618 bits per heavy atom. The lowest BCUT2D eigenvalue weighted by atomic mass is 10.1. The van der Waals surface area contributed by atoms with Crippen LogP contribution in [0, 0.1) is 0 Å². The first-order valence-corrected chi connectivity index (χ1v) is 16.7. The normalized spacial score (nSPS) is 11.6. The van der Waals surface area contributed by atoms with Crippen LogP contribution in [0.25, 0.3) is 32.3 Å². The van der Waals surface area contributed by atoms with E-state index in [1.165, 1.54) is 47.0 Å². The van der Waals surface area contributed by atoms with Crippen molar-refractivity contribution in [2.24, 2.45) is 0 Å². The summed E-state index contributed by atoms with van der Waals surface area (Å²) in [6, 6.07) is 46.1. The SMILES string of the molecule is c1ccc2c(SP(Sc3cccc4ccccc34)Sc3cccc4ccccc34)cccc2c1. The van der Waals surface area contributed by atoms with Gasteiger partial charge in [0.25, 0.3) is 0 Å². The van der Waals surface area contributed by atoms with Crippen LogP contribution in [-0.2, 0) is 0 Å². The molecule has 0 aliphatic heterocycles. The highest BCUT2D eigenvalue weighted by atomic mass is 33.4. The summed E-state index contributed by atoms with van der Waals surface area (Å²) in [5, 5.41) is 7.90. The van der Waals surface area contributed by atoms with Crippen LogP contribution in [0.5, 0.6) is 0 Å². The molecule has 6 aromatic carbocycles. The highest BCUT2D eigenvalue weighted by Crippen LogP contribution is 2.77. The van der Waals surface area contributed by atoms with E-state index in [4.69, 9.17) is 0 Å². The second kappa shape index (κ2) is 10.1. The highest BCUT2D eigenvalue weighted by molar-refractivity contribution is 9.12. The summed E-state index contributed by atoms with van der Waals surface area (Å²) in [5.74, 6) is 0. The molecule has 0 radical (unpaired) electrons. The lowest BCUT2D eigenvalue weighted by molar-refractivity contribution is 1.55. The van der Waals surface area contributed by atoms with Gasteiger partial charge in [-0.1, -0.05) is 143 Å². The van der Waals surface area contributed by atoms with E-state index in [0.29, 0.717) is 0 Å². The molecule has 0 aliphatic rings. The highest BCUT2D eigenvalue weighted by Gasteiger charge is 2.19. The van der Waals surface area contributed by atoms with Gasteiger partial charge in [0, 0.05) is 14.7 Å². The van der Waals surface area contributed by atoms with Crippen molar-refractivity contribution in [3.05, 3.63) is 127 Å². The van der Waals surface area contributed by atoms with Crippen molar-refractivity contribution in [2.75, 3.05) is 0 Å². The minimum Gasteiger partial charge on any atom is -0.0748 e. The molecule has 34 heavy (non-hydrogen) atoms. The van der Waals surface area contributed by atoms with E-state index in [1.54, 1.807) is 0 Å². The summed E-state index contributed by atoms with van der Waals surface area (Å²) in [6.07, 6.45) is 0. The van der Waals surface area contributed by atoms with Crippen molar-refractivity contribution in [3.63, 3.8) is 0 Å². The van der Waals surface area contributed by atoms with Crippen LogP contribution < -0.4 is 0 Å². The molecule has 0 aliphatic carbocycles. The van der Waals surface area contributed by atoms with Gasteiger partial charge in [-0.3, -0.25) is 0 Å². The summed E-state index contributed by atoms with van der Waals surface area (Å²) in [6.45, 7) is 0. The molecule has 0 nitrogen and oxygen atoms in total. The largest absolute Gasteiger partial charge is 0.0877 e. The molecule has 0 spiro atoms. The first-order valence-electron chi connectivity index (χ1n) is 11.1. The van der Waals surface area contributed by atoms with Crippen LogP contribution in [0.4, 0.5) is 0 Å². The summed E-state index contributed by atoms with van der Waals surface area (Å²) in [5.41, 5.74) is -0.559. The predicted molar refractivity (Wildman–Crippen MR) is 156 cm³/mol. The van der Waals surface area contributed by atoms with Crippen molar-refractivity contribution in [3.8, 4) is 0 Å². The number of benzene rings is 6. The maximum atomic E-state index is 2.27. The molecule has 0 fully saturated rings. The molecule has 6 rings (SSSR count). The second-order valence-corrected chi connectivity index (χ2v) is 17.3. The van der Waals surface area contributed by atoms with Crippen molar-refractivity contribution in [1.29, 1.82) is 0 Å². The summed E-state index contributed by atoms with van der Waals surface area (Å²) >= 11 is 6.05. The van der Waals surface area contributed by atoms with Gasteiger partial charge in [-0.25, -0.2) is 0 Å². The second-order valence-electron chi connectivity index (χ2n) is 7.93. The van der Waals surface area contributed by atoms with Gasteiger partial charge in [0.15, 0.2) is 0 Å². The van der Waals surface area contributed by atoms with Gasteiger partial charge < -0.3 is 0 Å². The maximum absolute atomic E-state index is 2.27. The Hall–Kier alpha value is -2.42. The zero-order valence-electron chi connectivity index (χ0n) is 18.3. The molecule has 0 bridgehead atoms. The zero-order valence-corrected chi connectivity index (χ0v) is 21.6. The quantitative estimate of drug-likeness (QED) is 0.205. The monoisotopic (exact) mass is 508 g/mol. The molecule has 0 amide bonds. The van der Waals surface area contributed by atoms with Crippen LogP contribution in [0.3, 0.4) is 0 Å². The molecule has 0 atom stereocenters. The molecule has 0 N–H and O–H groups in total. The van der Waals surface area contributed by atoms with Crippen molar-refractivity contribution in [1.82, 2.24) is 0 Å². The van der Waals surface area contributed by atoms with Gasteiger partial charge in [-0.05, 0) is 50.5 Å². The third-order valence-corrected chi connectivity index (χ3v) is 15.0. The van der Waals surface area contributed by atoms with Gasteiger partial charge in [-0.2, -0.15) is 0 Å².